The van der Waals surface area contributed by atoms with Crippen molar-refractivity contribution in [3.8, 4) is 11.5 Å². The van der Waals surface area contributed by atoms with Crippen molar-refractivity contribution in [3.63, 3.8) is 0 Å². The van der Waals surface area contributed by atoms with Gasteiger partial charge in [0.25, 0.3) is 11.8 Å². The first kappa shape index (κ1) is 22.0. The van der Waals surface area contributed by atoms with Crippen LogP contribution in [0.2, 0.25) is 0 Å². The van der Waals surface area contributed by atoms with E-state index >= 15 is 0 Å². The Kier molecular flexibility index (Phi) is 6.87. The number of nitrogens with zero attached hydrogens (tertiary/aromatic N) is 1. The fraction of sp³-hybridized carbons (Fsp3) is 0.333. The Morgan fingerprint density at radius 1 is 0.933 bits per heavy atom. The molecule has 0 aliphatic carbocycles. The lowest BCUT2D eigenvalue weighted by molar-refractivity contribution is -0.136. The van der Waals surface area contributed by atoms with Crippen LogP contribution in [0.4, 0.5) is 0 Å². The van der Waals surface area contributed by atoms with Gasteiger partial charge in [0.15, 0.2) is 11.5 Å². The number of ether oxygens (including phenoxy) is 2. The van der Waals surface area contributed by atoms with Crippen LogP contribution in [0.25, 0.3) is 5.57 Å². The molecule has 3 rings (SSSR count). The number of thioether (sulfide) groups is 1. The minimum atomic E-state index is -0.219. The number of benzene rings is 2. The number of amides is 2. The molecule has 2 aromatic carbocycles. The highest BCUT2D eigenvalue weighted by molar-refractivity contribution is 8.04. The van der Waals surface area contributed by atoms with Crippen LogP contribution in [0, 0.1) is 13.8 Å². The van der Waals surface area contributed by atoms with E-state index in [0.717, 1.165) is 28.0 Å². The zero-order chi connectivity index (χ0) is 21.8. The molecule has 0 bridgehead atoms. The van der Waals surface area contributed by atoms with E-state index in [4.69, 9.17) is 9.47 Å². The van der Waals surface area contributed by atoms with Crippen LogP contribution in [0.3, 0.4) is 0 Å². The van der Waals surface area contributed by atoms with Crippen molar-refractivity contribution >= 4 is 29.1 Å². The predicted molar refractivity (Wildman–Crippen MR) is 121 cm³/mol. The average Bonchev–Trinajstić information content (AvgIpc) is 2.96. The molecule has 158 valence electrons. The van der Waals surface area contributed by atoms with E-state index in [9.17, 15) is 9.59 Å². The normalized spacial score (nSPS) is 14.0. The standard InChI is InChI=1S/C24H27NO4S/c1-6-30-22-21(18-9-7-15(2)13-16(18)3)23(26)25(24(22)27)12-11-17-8-10-19(28-4)20(14-17)29-5/h7-10,13-14H,6,11-12H2,1-5H3. The summed E-state index contributed by atoms with van der Waals surface area (Å²) in [5.41, 5.74) is 4.46. The lowest BCUT2D eigenvalue weighted by Crippen LogP contribution is -2.33. The monoisotopic (exact) mass is 425 g/mol. The first-order valence-electron chi connectivity index (χ1n) is 9.93. The van der Waals surface area contributed by atoms with Crippen molar-refractivity contribution in [1.29, 1.82) is 0 Å². The molecule has 6 heteroatoms. The van der Waals surface area contributed by atoms with Gasteiger partial charge in [-0.25, -0.2) is 0 Å². The molecule has 1 heterocycles. The molecule has 0 N–H and O–H groups in total. The summed E-state index contributed by atoms with van der Waals surface area (Å²) in [4.78, 5) is 28.3. The molecule has 0 fully saturated rings. The van der Waals surface area contributed by atoms with Crippen LogP contribution < -0.4 is 9.47 Å². The minimum absolute atomic E-state index is 0.206. The molecule has 30 heavy (non-hydrogen) atoms. The van der Waals surface area contributed by atoms with E-state index in [1.165, 1.54) is 16.7 Å². The summed E-state index contributed by atoms with van der Waals surface area (Å²) in [6.07, 6.45) is 0.544. The molecule has 0 saturated carbocycles. The average molecular weight is 426 g/mol. The van der Waals surface area contributed by atoms with Gasteiger partial charge in [0.1, 0.15) is 0 Å². The van der Waals surface area contributed by atoms with Crippen LogP contribution >= 0.6 is 11.8 Å². The third kappa shape index (κ3) is 4.24. The molecule has 0 spiro atoms. The Bertz CT molecular complexity index is 1010. The maximum atomic E-state index is 13.3. The molecule has 0 radical (unpaired) electrons. The van der Waals surface area contributed by atoms with Crippen LogP contribution in [0.5, 0.6) is 11.5 Å². The SMILES string of the molecule is CCSC1=C(c2ccc(C)cc2C)C(=O)N(CCc2ccc(OC)c(OC)c2)C1=O. The van der Waals surface area contributed by atoms with Crippen LogP contribution in [0.1, 0.15) is 29.2 Å². The number of carbonyl (C=O) groups is 2. The van der Waals surface area contributed by atoms with Gasteiger partial charge >= 0.3 is 0 Å². The smallest absolute Gasteiger partial charge is 0.267 e. The highest BCUT2D eigenvalue weighted by atomic mass is 32.2. The third-order valence-corrected chi connectivity index (χ3v) is 6.09. The Morgan fingerprint density at radius 2 is 1.67 bits per heavy atom. The maximum absolute atomic E-state index is 13.3. The van der Waals surface area contributed by atoms with Gasteiger partial charge in [0.05, 0.1) is 24.7 Å². The van der Waals surface area contributed by atoms with E-state index in [0.29, 0.717) is 34.9 Å². The van der Waals surface area contributed by atoms with Gasteiger partial charge in [-0.15, -0.1) is 11.8 Å². The van der Waals surface area contributed by atoms with Crippen molar-refractivity contribution in [2.24, 2.45) is 0 Å². The minimum Gasteiger partial charge on any atom is -0.493 e. The van der Waals surface area contributed by atoms with Gasteiger partial charge in [-0.3, -0.25) is 14.5 Å². The fourth-order valence-corrected chi connectivity index (χ4v) is 4.51. The molecular weight excluding hydrogens is 398 g/mol. The Labute approximate surface area is 182 Å². The second-order valence-electron chi connectivity index (χ2n) is 7.16. The lowest BCUT2D eigenvalue weighted by Gasteiger charge is -2.16. The highest BCUT2D eigenvalue weighted by Crippen LogP contribution is 2.37. The zero-order valence-corrected chi connectivity index (χ0v) is 18.9. The van der Waals surface area contributed by atoms with Crippen LogP contribution in [-0.2, 0) is 16.0 Å². The maximum Gasteiger partial charge on any atom is 0.267 e. The van der Waals surface area contributed by atoms with Gasteiger partial charge in [-0.05, 0) is 54.8 Å². The molecule has 0 aromatic heterocycles. The number of carbonyl (C=O) groups excluding carboxylic acids is 2. The van der Waals surface area contributed by atoms with E-state index in [1.54, 1.807) is 14.2 Å². The fourth-order valence-electron chi connectivity index (χ4n) is 3.64. The number of methoxy groups -OCH3 is 2. The number of hydrogen-bond donors (Lipinski definition) is 0. The second kappa shape index (κ2) is 9.39. The van der Waals surface area contributed by atoms with Crippen molar-refractivity contribution in [2.45, 2.75) is 27.2 Å². The van der Waals surface area contributed by atoms with Crippen molar-refractivity contribution in [3.05, 3.63) is 63.6 Å². The van der Waals surface area contributed by atoms with Gasteiger partial charge < -0.3 is 9.47 Å². The first-order valence-corrected chi connectivity index (χ1v) is 10.9. The Balaban J connectivity index is 1.86. The molecule has 0 atom stereocenters. The second-order valence-corrected chi connectivity index (χ2v) is 8.43. The number of hydrogen-bond acceptors (Lipinski definition) is 5. The van der Waals surface area contributed by atoms with Gasteiger partial charge in [0, 0.05) is 6.54 Å². The number of imide groups is 1. The van der Waals surface area contributed by atoms with Gasteiger partial charge in [0.2, 0.25) is 0 Å². The summed E-state index contributed by atoms with van der Waals surface area (Å²) in [5, 5.41) is 0. The van der Waals surface area contributed by atoms with E-state index in [1.807, 2.05) is 57.2 Å². The van der Waals surface area contributed by atoms with Crippen LogP contribution in [-0.4, -0.2) is 43.2 Å². The predicted octanol–water partition coefficient (Wildman–Crippen LogP) is 4.40. The lowest BCUT2D eigenvalue weighted by atomic mass is 9.99. The number of rotatable bonds is 8. The number of aryl methyl sites for hydroxylation is 2. The summed E-state index contributed by atoms with van der Waals surface area (Å²) in [7, 11) is 3.18. The Hall–Kier alpha value is -2.73. The highest BCUT2D eigenvalue weighted by Gasteiger charge is 2.39. The molecular formula is C24H27NO4S. The largest absolute Gasteiger partial charge is 0.493 e. The van der Waals surface area contributed by atoms with Crippen molar-refractivity contribution < 1.29 is 19.1 Å². The quantitative estimate of drug-likeness (QED) is 0.587. The summed E-state index contributed by atoms with van der Waals surface area (Å²) >= 11 is 1.43. The summed E-state index contributed by atoms with van der Waals surface area (Å²) in [6, 6.07) is 11.6. The summed E-state index contributed by atoms with van der Waals surface area (Å²) < 4.78 is 10.6. The summed E-state index contributed by atoms with van der Waals surface area (Å²) in [6.45, 7) is 6.30. The Morgan fingerprint density at radius 3 is 2.30 bits per heavy atom. The van der Waals surface area contributed by atoms with E-state index in [-0.39, 0.29) is 11.8 Å². The van der Waals surface area contributed by atoms with E-state index in [2.05, 4.69) is 0 Å². The van der Waals surface area contributed by atoms with Crippen LogP contribution in [0.15, 0.2) is 41.3 Å². The molecule has 2 aromatic rings. The zero-order valence-electron chi connectivity index (χ0n) is 18.1. The molecule has 1 aliphatic heterocycles. The van der Waals surface area contributed by atoms with Gasteiger partial charge in [-0.1, -0.05) is 36.8 Å². The molecule has 0 saturated heterocycles. The topological polar surface area (TPSA) is 55.8 Å². The van der Waals surface area contributed by atoms with E-state index < -0.39 is 0 Å². The molecule has 2 amide bonds. The summed E-state index contributed by atoms with van der Waals surface area (Å²) in [5.74, 6) is 1.58. The molecule has 5 nitrogen and oxygen atoms in total. The molecule has 1 aliphatic rings. The van der Waals surface area contributed by atoms with Crippen molar-refractivity contribution in [2.75, 3.05) is 26.5 Å². The third-order valence-electron chi connectivity index (χ3n) is 5.14. The van der Waals surface area contributed by atoms with Crippen molar-refractivity contribution in [1.82, 2.24) is 4.90 Å². The van der Waals surface area contributed by atoms with Gasteiger partial charge in [-0.2, -0.15) is 0 Å². The first-order chi connectivity index (χ1) is 14.4. The molecule has 0 unspecified atom stereocenters.